The summed E-state index contributed by atoms with van der Waals surface area (Å²) in [5.74, 6) is 0. The molecular weight excluding hydrogens is 238 g/mol. The fourth-order valence-corrected chi connectivity index (χ4v) is 2.55. The Kier molecular flexibility index (Phi) is 4.16. The lowest BCUT2D eigenvalue weighted by atomic mass is 9.95. The molecule has 0 aliphatic carbocycles. The van der Waals surface area contributed by atoms with E-state index in [4.69, 9.17) is 4.74 Å². The van der Waals surface area contributed by atoms with Crippen LogP contribution in [0.15, 0.2) is 18.2 Å². The van der Waals surface area contributed by atoms with E-state index in [1.54, 1.807) is 7.11 Å². The third-order valence-corrected chi connectivity index (χ3v) is 4.19. The SMILES string of the molecule is COC(C)(C)CCC(O)c1ccc2c(c1)CCN2C. The first-order chi connectivity index (χ1) is 8.93. The number of aliphatic hydroxyl groups is 1. The second kappa shape index (κ2) is 5.51. The molecule has 1 atom stereocenters. The Hall–Kier alpha value is -1.06. The van der Waals surface area contributed by atoms with Crippen LogP contribution in [0, 0.1) is 0 Å². The highest BCUT2D eigenvalue weighted by Gasteiger charge is 2.21. The van der Waals surface area contributed by atoms with Crippen molar-refractivity contribution in [3.8, 4) is 0 Å². The molecule has 0 saturated carbocycles. The molecule has 0 amide bonds. The molecule has 106 valence electrons. The number of likely N-dealkylation sites (N-methyl/N-ethyl adjacent to an activating group) is 1. The van der Waals surface area contributed by atoms with Gasteiger partial charge in [-0.15, -0.1) is 0 Å². The van der Waals surface area contributed by atoms with Crippen molar-refractivity contribution in [3.63, 3.8) is 0 Å². The fraction of sp³-hybridized carbons (Fsp3) is 0.625. The number of benzene rings is 1. The minimum Gasteiger partial charge on any atom is -0.388 e. The van der Waals surface area contributed by atoms with Crippen LogP contribution in [0.1, 0.15) is 43.9 Å². The molecule has 1 heterocycles. The summed E-state index contributed by atoms with van der Waals surface area (Å²) in [5, 5.41) is 10.3. The van der Waals surface area contributed by atoms with Crippen LogP contribution in [0.3, 0.4) is 0 Å². The lowest BCUT2D eigenvalue weighted by Crippen LogP contribution is -2.23. The van der Waals surface area contributed by atoms with Crippen LogP contribution in [0.5, 0.6) is 0 Å². The molecule has 0 spiro atoms. The fourth-order valence-electron chi connectivity index (χ4n) is 2.55. The molecular formula is C16H25NO2. The lowest BCUT2D eigenvalue weighted by Gasteiger charge is -2.24. The van der Waals surface area contributed by atoms with Gasteiger partial charge in [-0.25, -0.2) is 0 Å². The van der Waals surface area contributed by atoms with Gasteiger partial charge in [-0.05, 0) is 50.3 Å². The Labute approximate surface area is 116 Å². The maximum atomic E-state index is 10.3. The molecule has 0 bridgehead atoms. The first-order valence-corrected chi connectivity index (χ1v) is 7.00. The number of hydrogen-bond acceptors (Lipinski definition) is 3. The number of fused-ring (bicyclic) bond motifs is 1. The van der Waals surface area contributed by atoms with Gasteiger partial charge >= 0.3 is 0 Å². The Balaban J connectivity index is 2.02. The number of methoxy groups -OCH3 is 1. The van der Waals surface area contributed by atoms with Crippen molar-refractivity contribution >= 4 is 5.69 Å². The molecule has 19 heavy (non-hydrogen) atoms. The Bertz CT molecular complexity index is 442. The highest BCUT2D eigenvalue weighted by Crippen LogP contribution is 2.31. The van der Waals surface area contributed by atoms with Crippen molar-refractivity contribution < 1.29 is 9.84 Å². The van der Waals surface area contributed by atoms with E-state index in [2.05, 4.69) is 37.9 Å². The number of rotatable bonds is 5. The van der Waals surface area contributed by atoms with Gasteiger partial charge in [0.25, 0.3) is 0 Å². The maximum Gasteiger partial charge on any atom is 0.0791 e. The first-order valence-electron chi connectivity index (χ1n) is 7.00. The van der Waals surface area contributed by atoms with Crippen molar-refractivity contribution in [2.24, 2.45) is 0 Å². The summed E-state index contributed by atoms with van der Waals surface area (Å²) in [4.78, 5) is 2.26. The van der Waals surface area contributed by atoms with E-state index in [1.807, 2.05) is 6.07 Å². The van der Waals surface area contributed by atoms with Gasteiger partial charge in [0.15, 0.2) is 0 Å². The van der Waals surface area contributed by atoms with E-state index in [1.165, 1.54) is 11.3 Å². The largest absolute Gasteiger partial charge is 0.388 e. The van der Waals surface area contributed by atoms with E-state index < -0.39 is 6.10 Å². The van der Waals surface area contributed by atoms with Crippen LogP contribution in [0.2, 0.25) is 0 Å². The average molecular weight is 263 g/mol. The summed E-state index contributed by atoms with van der Waals surface area (Å²) in [6.45, 7) is 5.18. The first kappa shape index (κ1) is 14.4. The van der Waals surface area contributed by atoms with Crippen molar-refractivity contribution in [3.05, 3.63) is 29.3 Å². The zero-order valence-corrected chi connectivity index (χ0v) is 12.4. The Morgan fingerprint density at radius 1 is 1.42 bits per heavy atom. The van der Waals surface area contributed by atoms with Crippen molar-refractivity contribution in [2.45, 2.75) is 44.8 Å². The normalized spacial score (nSPS) is 16.6. The minimum atomic E-state index is -0.398. The molecule has 1 aromatic rings. The van der Waals surface area contributed by atoms with Crippen LogP contribution in [0.4, 0.5) is 5.69 Å². The van der Waals surface area contributed by atoms with E-state index in [0.29, 0.717) is 0 Å². The molecule has 1 aliphatic heterocycles. The third kappa shape index (κ3) is 3.28. The summed E-state index contributed by atoms with van der Waals surface area (Å²) in [6, 6.07) is 6.33. The van der Waals surface area contributed by atoms with Gasteiger partial charge in [-0.3, -0.25) is 0 Å². The lowest BCUT2D eigenvalue weighted by molar-refractivity contribution is 0.00278. The monoisotopic (exact) mass is 263 g/mol. The molecule has 0 saturated heterocycles. The van der Waals surface area contributed by atoms with E-state index >= 15 is 0 Å². The van der Waals surface area contributed by atoms with Gasteiger partial charge in [0, 0.05) is 26.4 Å². The van der Waals surface area contributed by atoms with Gasteiger partial charge in [0.05, 0.1) is 11.7 Å². The molecule has 0 radical (unpaired) electrons. The maximum absolute atomic E-state index is 10.3. The smallest absolute Gasteiger partial charge is 0.0791 e. The zero-order chi connectivity index (χ0) is 14.0. The van der Waals surface area contributed by atoms with Gasteiger partial charge in [0.2, 0.25) is 0 Å². The highest BCUT2D eigenvalue weighted by molar-refractivity contribution is 5.58. The average Bonchev–Trinajstić information content (AvgIpc) is 2.77. The van der Waals surface area contributed by atoms with Crippen molar-refractivity contribution in [1.29, 1.82) is 0 Å². The minimum absolute atomic E-state index is 0.169. The number of ether oxygens (including phenoxy) is 1. The van der Waals surface area contributed by atoms with Crippen molar-refractivity contribution in [1.82, 2.24) is 0 Å². The summed E-state index contributed by atoms with van der Waals surface area (Å²) in [7, 11) is 3.83. The number of nitrogens with zero attached hydrogens (tertiary/aromatic N) is 1. The number of anilines is 1. The quantitative estimate of drug-likeness (QED) is 0.886. The molecule has 0 aromatic heterocycles. The topological polar surface area (TPSA) is 32.7 Å². The van der Waals surface area contributed by atoms with Crippen LogP contribution in [-0.4, -0.2) is 31.4 Å². The Morgan fingerprint density at radius 2 is 2.16 bits per heavy atom. The van der Waals surface area contributed by atoms with Crippen LogP contribution >= 0.6 is 0 Å². The number of aliphatic hydroxyl groups excluding tert-OH is 1. The predicted octanol–water partition coefficient (Wildman–Crippen LogP) is 2.92. The molecule has 1 unspecified atom stereocenters. The van der Waals surface area contributed by atoms with E-state index in [0.717, 1.165) is 31.4 Å². The van der Waals surface area contributed by atoms with E-state index in [-0.39, 0.29) is 5.60 Å². The predicted molar refractivity (Wildman–Crippen MR) is 78.7 cm³/mol. The molecule has 2 rings (SSSR count). The molecule has 1 aromatic carbocycles. The van der Waals surface area contributed by atoms with Gasteiger partial charge < -0.3 is 14.7 Å². The standard InChI is InChI=1S/C16H25NO2/c1-16(2,19-4)9-7-15(18)13-5-6-14-12(11-13)8-10-17(14)3/h5-6,11,15,18H,7-10H2,1-4H3. The number of hydrogen-bond donors (Lipinski definition) is 1. The molecule has 3 nitrogen and oxygen atoms in total. The summed E-state index contributed by atoms with van der Waals surface area (Å²) >= 11 is 0. The Morgan fingerprint density at radius 3 is 2.84 bits per heavy atom. The summed E-state index contributed by atoms with van der Waals surface area (Å²) in [5.41, 5.74) is 3.51. The second-order valence-electron chi connectivity index (χ2n) is 6.08. The molecule has 3 heteroatoms. The van der Waals surface area contributed by atoms with Gasteiger partial charge in [-0.1, -0.05) is 12.1 Å². The van der Waals surface area contributed by atoms with Crippen molar-refractivity contribution in [2.75, 3.05) is 25.6 Å². The highest BCUT2D eigenvalue weighted by atomic mass is 16.5. The van der Waals surface area contributed by atoms with E-state index in [9.17, 15) is 5.11 Å². The summed E-state index contributed by atoms with van der Waals surface area (Å²) < 4.78 is 5.39. The van der Waals surface area contributed by atoms with Crippen LogP contribution in [0.25, 0.3) is 0 Å². The molecule has 1 N–H and O–H groups in total. The zero-order valence-electron chi connectivity index (χ0n) is 12.4. The second-order valence-corrected chi connectivity index (χ2v) is 6.08. The van der Waals surface area contributed by atoms with Crippen LogP contribution < -0.4 is 4.90 Å². The third-order valence-electron chi connectivity index (χ3n) is 4.19. The summed E-state index contributed by atoms with van der Waals surface area (Å²) in [6.07, 6.45) is 2.26. The van der Waals surface area contributed by atoms with Gasteiger partial charge in [0.1, 0.15) is 0 Å². The molecule has 1 aliphatic rings. The molecule has 0 fully saturated rings. The van der Waals surface area contributed by atoms with Gasteiger partial charge in [-0.2, -0.15) is 0 Å². The van der Waals surface area contributed by atoms with Crippen LogP contribution in [-0.2, 0) is 11.2 Å².